The summed E-state index contributed by atoms with van der Waals surface area (Å²) < 4.78 is 10.6. The van der Waals surface area contributed by atoms with Gasteiger partial charge in [-0.25, -0.2) is 0 Å². The summed E-state index contributed by atoms with van der Waals surface area (Å²) in [6.45, 7) is 3.82. The van der Waals surface area contributed by atoms with Crippen LogP contribution in [0.5, 0.6) is 11.5 Å². The highest BCUT2D eigenvalue weighted by molar-refractivity contribution is 14.0. The molecule has 0 aromatic heterocycles. The maximum atomic E-state index is 5.36. The molecule has 2 aromatic carbocycles. The summed E-state index contributed by atoms with van der Waals surface area (Å²) in [5.74, 6) is 3.29. The van der Waals surface area contributed by atoms with Gasteiger partial charge < -0.3 is 24.6 Å². The van der Waals surface area contributed by atoms with Gasteiger partial charge in [0.2, 0.25) is 0 Å². The highest BCUT2D eigenvalue weighted by Crippen LogP contribution is 2.26. The number of rotatable bonds is 7. The lowest BCUT2D eigenvalue weighted by atomic mass is 10.1. The van der Waals surface area contributed by atoms with Gasteiger partial charge in [0, 0.05) is 52.0 Å². The monoisotopic (exact) mass is 524 g/mol. The summed E-state index contributed by atoms with van der Waals surface area (Å²) in [5, 5.41) is 3.55. The molecule has 1 fully saturated rings. The summed E-state index contributed by atoms with van der Waals surface area (Å²) >= 11 is 0. The number of aliphatic imine (C=N–C) groups is 1. The first-order chi connectivity index (χ1) is 14.1. The van der Waals surface area contributed by atoms with Crippen molar-refractivity contribution in [2.75, 3.05) is 52.8 Å². The van der Waals surface area contributed by atoms with E-state index >= 15 is 0 Å². The molecular weight excluding hydrogens is 491 g/mol. The standard InChI is InChI=1S/C23H32N4O2.HI/c1-24-23(26(2)16-18-8-10-21(28-3)11-9-18)25-15-19-12-13-27(17-19)20-6-5-7-22(14-20)29-4;/h5-11,14,19H,12-13,15-17H2,1-4H3,(H,24,25);1H. The van der Waals surface area contributed by atoms with E-state index in [4.69, 9.17) is 9.47 Å². The smallest absolute Gasteiger partial charge is 0.193 e. The normalized spacial score (nSPS) is 16.1. The first kappa shape index (κ1) is 24.1. The number of benzene rings is 2. The zero-order chi connectivity index (χ0) is 20.6. The van der Waals surface area contributed by atoms with E-state index in [1.807, 2.05) is 25.2 Å². The molecule has 7 heteroatoms. The van der Waals surface area contributed by atoms with Crippen LogP contribution in [0.1, 0.15) is 12.0 Å². The third-order valence-electron chi connectivity index (χ3n) is 5.41. The van der Waals surface area contributed by atoms with E-state index in [2.05, 4.69) is 57.5 Å². The molecule has 1 aliphatic heterocycles. The number of hydrogen-bond donors (Lipinski definition) is 1. The number of ether oxygens (including phenoxy) is 2. The summed E-state index contributed by atoms with van der Waals surface area (Å²) in [6, 6.07) is 16.5. The molecule has 0 spiro atoms. The number of nitrogens with zero attached hydrogens (tertiary/aromatic N) is 3. The molecule has 2 aromatic rings. The SMILES string of the molecule is CN=C(NCC1CCN(c2cccc(OC)c2)C1)N(C)Cc1ccc(OC)cc1.I. The van der Waals surface area contributed by atoms with Crippen molar-refractivity contribution in [3.63, 3.8) is 0 Å². The molecule has 0 saturated carbocycles. The molecule has 0 bridgehead atoms. The molecule has 164 valence electrons. The van der Waals surface area contributed by atoms with Crippen LogP contribution < -0.4 is 19.7 Å². The number of methoxy groups -OCH3 is 2. The van der Waals surface area contributed by atoms with Gasteiger partial charge in [0.25, 0.3) is 0 Å². The molecule has 3 rings (SSSR count). The summed E-state index contributed by atoms with van der Waals surface area (Å²) in [6.07, 6.45) is 1.17. The molecule has 1 N–H and O–H groups in total. The fourth-order valence-corrected chi connectivity index (χ4v) is 3.74. The average molecular weight is 524 g/mol. The molecule has 30 heavy (non-hydrogen) atoms. The van der Waals surface area contributed by atoms with Crippen LogP contribution in [0.3, 0.4) is 0 Å². The first-order valence-electron chi connectivity index (χ1n) is 10.1. The maximum absolute atomic E-state index is 5.36. The third kappa shape index (κ3) is 6.42. The lowest BCUT2D eigenvalue weighted by Crippen LogP contribution is -2.41. The van der Waals surface area contributed by atoms with Crippen LogP contribution >= 0.6 is 24.0 Å². The summed E-state index contributed by atoms with van der Waals surface area (Å²) in [5.41, 5.74) is 2.45. The fourth-order valence-electron chi connectivity index (χ4n) is 3.74. The van der Waals surface area contributed by atoms with E-state index in [1.54, 1.807) is 14.2 Å². The second-order valence-electron chi connectivity index (χ2n) is 7.43. The molecule has 1 atom stereocenters. The number of halogens is 1. The Labute approximate surface area is 197 Å². The Morgan fingerprint density at radius 3 is 2.53 bits per heavy atom. The van der Waals surface area contributed by atoms with Gasteiger partial charge in [-0.3, -0.25) is 4.99 Å². The van der Waals surface area contributed by atoms with Crippen LogP contribution in [-0.4, -0.2) is 58.8 Å². The van der Waals surface area contributed by atoms with Crippen LogP contribution in [0.15, 0.2) is 53.5 Å². The molecule has 0 aliphatic carbocycles. The van der Waals surface area contributed by atoms with Crippen LogP contribution in [0, 0.1) is 5.92 Å². The number of guanidine groups is 1. The van der Waals surface area contributed by atoms with Gasteiger partial charge in [-0.1, -0.05) is 18.2 Å². The second-order valence-corrected chi connectivity index (χ2v) is 7.43. The number of anilines is 1. The van der Waals surface area contributed by atoms with Crippen LogP contribution in [-0.2, 0) is 6.54 Å². The molecule has 1 aliphatic rings. The topological polar surface area (TPSA) is 49.3 Å². The van der Waals surface area contributed by atoms with Crippen molar-refractivity contribution in [3.8, 4) is 11.5 Å². The molecule has 6 nitrogen and oxygen atoms in total. The Morgan fingerprint density at radius 2 is 1.87 bits per heavy atom. The van der Waals surface area contributed by atoms with Gasteiger partial charge >= 0.3 is 0 Å². The van der Waals surface area contributed by atoms with Crippen molar-refractivity contribution in [3.05, 3.63) is 54.1 Å². The van der Waals surface area contributed by atoms with Crippen molar-refractivity contribution in [1.29, 1.82) is 0 Å². The minimum Gasteiger partial charge on any atom is -0.497 e. The fraction of sp³-hybridized carbons (Fsp3) is 0.435. The van der Waals surface area contributed by atoms with Gasteiger partial charge in [0.1, 0.15) is 11.5 Å². The number of nitrogens with one attached hydrogen (secondary N) is 1. The van der Waals surface area contributed by atoms with Crippen LogP contribution in [0.25, 0.3) is 0 Å². The Balaban J connectivity index is 0.00000320. The average Bonchev–Trinajstić information content (AvgIpc) is 3.24. The van der Waals surface area contributed by atoms with Crippen molar-refractivity contribution < 1.29 is 9.47 Å². The van der Waals surface area contributed by atoms with Gasteiger partial charge in [0.05, 0.1) is 14.2 Å². The minimum absolute atomic E-state index is 0. The zero-order valence-electron chi connectivity index (χ0n) is 18.3. The minimum atomic E-state index is 0. The van der Waals surface area contributed by atoms with E-state index in [0.29, 0.717) is 5.92 Å². The summed E-state index contributed by atoms with van der Waals surface area (Å²) in [4.78, 5) is 9.03. The van der Waals surface area contributed by atoms with E-state index in [0.717, 1.165) is 43.6 Å². The third-order valence-corrected chi connectivity index (χ3v) is 5.41. The van der Waals surface area contributed by atoms with E-state index in [9.17, 15) is 0 Å². The Hall–Kier alpha value is -2.16. The van der Waals surface area contributed by atoms with Crippen molar-refractivity contribution in [2.45, 2.75) is 13.0 Å². The largest absolute Gasteiger partial charge is 0.497 e. The predicted molar refractivity (Wildman–Crippen MR) is 135 cm³/mol. The van der Waals surface area contributed by atoms with Gasteiger partial charge in [-0.05, 0) is 42.2 Å². The van der Waals surface area contributed by atoms with E-state index < -0.39 is 0 Å². The van der Waals surface area contributed by atoms with Crippen LogP contribution in [0.4, 0.5) is 5.69 Å². The van der Waals surface area contributed by atoms with Crippen molar-refractivity contribution in [2.24, 2.45) is 10.9 Å². The molecule has 1 saturated heterocycles. The Morgan fingerprint density at radius 1 is 1.13 bits per heavy atom. The first-order valence-corrected chi connectivity index (χ1v) is 10.1. The van der Waals surface area contributed by atoms with Crippen LogP contribution in [0.2, 0.25) is 0 Å². The Bertz CT molecular complexity index is 813. The van der Waals surface area contributed by atoms with Gasteiger partial charge in [-0.15, -0.1) is 24.0 Å². The second kappa shape index (κ2) is 11.9. The molecule has 1 heterocycles. The predicted octanol–water partition coefficient (Wildman–Crippen LogP) is 3.86. The van der Waals surface area contributed by atoms with Crippen molar-refractivity contribution >= 4 is 35.6 Å². The van der Waals surface area contributed by atoms with Crippen molar-refractivity contribution in [1.82, 2.24) is 10.2 Å². The lowest BCUT2D eigenvalue weighted by molar-refractivity contribution is 0.414. The molecule has 1 unspecified atom stereocenters. The molecular formula is C23H33IN4O2. The molecule has 0 amide bonds. The lowest BCUT2D eigenvalue weighted by Gasteiger charge is -2.24. The maximum Gasteiger partial charge on any atom is 0.193 e. The highest BCUT2D eigenvalue weighted by atomic mass is 127. The molecule has 0 radical (unpaired) electrons. The van der Waals surface area contributed by atoms with Gasteiger partial charge in [-0.2, -0.15) is 0 Å². The summed E-state index contributed by atoms with van der Waals surface area (Å²) in [7, 11) is 7.30. The highest BCUT2D eigenvalue weighted by Gasteiger charge is 2.23. The number of hydrogen-bond acceptors (Lipinski definition) is 4. The quantitative estimate of drug-likeness (QED) is 0.339. The van der Waals surface area contributed by atoms with E-state index in [-0.39, 0.29) is 24.0 Å². The van der Waals surface area contributed by atoms with Gasteiger partial charge in [0.15, 0.2) is 5.96 Å². The zero-order valence-corrected chi connectivity index (χ0v) is 20.6. The van der Waals surface area contributed by atoms with E-state index in [1.165, 1.54) is 17.7 Å². The Kier molecular flexibility index (Phi) is 9.55.